The van der Waals surface area contributed by atoms with Gasteiger partial charge in [-0.15, -0.1) is 17.9 Å². The highest BCUT2D eigenvalue weighted by Gasteiger charge is 2.36. The highest BCUT2D eigenvalue weighted by Crippen LogP contribution is 2.35. The summed E-state index contributed by atoms with van der Waals surface area (Å²) in [4.78, 5) is 18.9. The number of carbonyl (C=O) groups is 1. The number of thiophene rings is 1. The molecule has 4 rings (SSSR count). The van der Waals surface area contributed by atoms with E-state index in [1.165, 1.54) is 10.4 Å². The Morgan fingerprint density at radius 3 is 3.00 bits per heavy atom. The van der Waals surface area contributed by atoms with Crippen molar-refractivity contribution in [3.05, 3.63) is 64.4 Å². The normalized spacial score (nSPS) is 18.8. The first-order chi connectivity index (χ1) is 16.0. The number of amides is 1. The Bertz CT molecular complexity index is 942. The van der Waals surface area contributed by atoms with Gasteiger partial charge in [-0.05, 0) is 60.9 Å². The molecule has 0 saturated heterocycles. The van der Waals surface area contributed by atoms with Crippen molar-refractivity contribution in [3.8, 4) is 5.75 Å². The molecule has 7 heteroatoms. The molecule has 1 aliphatic heterocycles. The lowest BCUT2D eigenvalue weighted by atomic mass is 10.0. The minimum atomic E-state index is -0.622. The average Bonchev–Trinajstić information content (AvgIpc) is 3.54. The van der Waals surface area contributed by atoms with Crippen molar-refractivity contribution in [1.29, 1.82) is 0 Å². The molecule has 1 aromatic carbocycles. The van der Waals surface area contributed by atoms with Crippen LogP contribution in [-0.4, -0.2) is 72.4 Å². The lowest BCUT2D eigenvalue weighted by molar-refractivity contribution is -0.136. The van der Waals surface area contributed by atoms with Crippen molar-refractivity contribution in [3.63, 3.8) is 0 Å². The van der Waals surface area contributed by atoms with Crippen molar-refractivity contribution in [2.45, 2.75) is 44.4 Å². The molecule has 2 aromatic rings. The fourth-order valence-corrected chi connectivity index (χ4v) is 5.34. The van der Waals surface area contributed by atoms with Crippen molar-refractivity contribution >= 4 is 17.2 Å². The molecular weight excluding hydrogens is 436 g/mol. The molecule has 0 radical (unpaired) electrons. The van der Waals surface area contributed by atoms with Gasteiger partial charge in [0.2, 0.25) is 5.91 Å². The highest BCUT2D eigenvalue weighted by atomic mass is 32.1. The van der Waals surface area contributed by atoms with Gasteiger partial charge in [0, 0.05) is 24.0 Å². The third kappa shape index (κ3) is 6.44. The van der Waals surface area contributed by atoms with Crippen LogP contribution in [-0.2, 0) is 16.0 Å². The molecule has 6 nitrogen and oxygen atoms in total. The van der Waals surface area contributed by atoms with E-state index in [9.17, 15) is 9.90 Å². The summed E-state index contributed by atoms with van der Waals surface area (Å²) >= 11 is 1.76. The van der Waals surface area contributed by atoms with Gasteiger partial charge in [0.15, 0.2) is 0 Å². The van der Waals surface area contributed by atoms with E-state index in [4.69, 9.17) is 9.47 Å². The van der Waals surface area contributed by atoms with E-state index in [1.807, 2.05) is 36.1 Å². The Hall–Kier alpha value is -2.19. The summed E-state index contributed by atoms with van der Waals surface area (Å²) in [7, 11) is 0. The van der Waals surface area contributed by atoms with Gasteiger partial charge in [0.25, 0.3) is 0 Å². The van der Waals surface area contributed by atoms with Gasteiger partial charge in [-0.3, -0.25) is 9.69 Å². The van der Waals surface area contributed by atoms with Gasteiger partial charge in [-0.1, -0.05) is 18.2 Å². The third-order valence-electron chi connectivity index (χ3n) is 6.21. The average molecular weight is 471 g/mol. The SMILES string of the molecule is C=CCOCC(O)CN(CC(=O)N1CCc2sccc2C1COc1cccc(C)c1)C1CC1. The standard InChI is InChI=1S/C26H34N2O4S/c1-3-12-31-17-21(29)15-27(20-7-8-20)16-26(30)28-11-9-25-23(10-13-33-25)24(28)18-32-22-6-4-5-19(2)14-22/h3-6,10,13-14,20-21,24,29H,1,7-9,11-12,15-18H2,2H3. The fraction of sp³-hybridized carbons (Fsp3) is 0.500. The second kappa shape index (κ2) is 11.3. The Balaban J connectivity index is 1.42. The largest absolute Gasteiger partial charge is 0.491 e. The van der Waals surface area contributed by atoms with Crippen LogP contribution in [0.25, 0.3) is 0 Å². The van der Waals surface area contributed by atoms with Crippen LogP contribution < -0.4 is 4.74 Å². The molecule has 0 spiro atoms. The smallest absolute Gasteiger partial charge is 0.237 e. The van der Waals surface area contributed by atoms with Crippen LogP contribution in [0.4, 0.5) is 0 Å². The number of hydrogen-bond donors (Lipinski definition) is 1. The topological polar surface area (TPSA) is 62.2 Å². The molecular formula is C26H34N2O4S. The van der Waals surface area contributed by atoms with Crippen LogP contribution in [0, 0.1) is 6.92 Å². The summed E-state index contributed by atoms with van der Waals surface area (Å²) in [5.41, 5.74) is 2.35. The minimum absolute atomic E-state index is 0.0933. The van der Waals surface area contributed by atoms with E-state index in [0.717, 1.165) is 30.6 Å². The molecule has 178 valence electrons. The van der Waals surface area contributed by atoms with Crippen molar-refractivity contribution in [2.75, 3.05) is 39.5 Å². The molecule has 0 bridgehead atoms. The fourth-order valence-electron chi connectivity index (χ4n) is 4.41. The number of carbonyl (C=O) groups excluding carboxylic acids is 1. The number of benzene rings is 1. The predicted octanol–water partition coefficient (Wildman–Crippen LogP) is 3.59. The molecule has 2 aliphatic rings. The first-order valence-corrected chi connectivity index (χ1v) is 12.6. The summed E-state index contributed by atoms with van der Waals surface area (Å²) in [6.07, 6.45) is 4.07. The number of hydrogen-bond acceptors (Lipinski definition) is 6. The first-order valence-electron chi connectivity index (χ1n) is 11.7. The number of fused-ring (bicyclic) bond motifs is 1. The zero-order chi connectivity index (χ0) is 23.2. The molecule has 2 unspecified atom stereocenters. The maximum absolute atomic E-state index is 13.5. The van der Waals surface area contributed by atoms with Crippen molar-refractivity contribution in [2.24, 2.45) is 0 Å². The van der Waals surface area contributed by atoms with E-state index in [1.54, 1.807) is 17.4 Å². The van der Waals surface area contributed by atoms with Crippen LogP contribution >= 0.6 is 11.3 Å². The van der Waals surface area contributed by atoms with Gasteiger partial charge in [0.1, 0.15) is 12.4 Å². The summed E-state index contributed by atoms with van der Waals surface area (Å²) in [6, 6.07) is 10.4. The summed E-state index contributed by atoms with van der Waals surface area (Å²) in [5.74, 6) is 0.919. The second-order valence-electron chi connectivity index (χ2n) is 8.92. The Kier molecular flexibility index (Phi) is 8.20. The molecule has 1 fully saturated rings. The molecule has 1 saturated carbocycles. The first kappa shape index (κ1) is 24.0. The van der Waals surface area contributed by atoms with Gasteiger partial charge < -0.3 is 19.5 Å². The number of aryl methyl sites for hydroxylation is 1. The van der Waals surface area contributed by atoms with Gasteiger partial charge >= 0.3 is 0 Å². The van der Waals surface area contributed by atoms with Crippen LogP contribution in [0.5, 0.6) is 5.75 Å². The minimum Gasteiger partial charge on any atom is -0.491 e. The molecule has 1 amide bonds. The number of aliphatic hydroxyl groups is 1. The molecule has 1 aliphatic carbocycles. The van der Waals surface area contributed by atoms with Gasteiger partial charge in [-0.25, -0.2) is 0 Å². The second-order valence-corrected chi connectivity index (χ2v) is 9.92. The van der Waals surface area contributed by atoms with Gasteiger partial charge in [-0.2, -0.15) is 0 Å². The van der Waals surface area contributed by atoms with Crippen LogP contribution in [0.3, 0.4) is 0 Å². The Morgan fingerprint density at radius 1 is 1.39 bits per heavy atom. The number of aliphatic hydroxyl groups excluding tert-OH is 1. The van der Waals surface area contributed by atoms with Gasteiger partial charge in [0.05, 0.1) is 31.9 Å². The molecule has 33 heavy (non-hydrogen) atoms. The molecule has 2 atom stereocenters. The molecule has 1 aromatic heterocycles. The zero-order valence-electron chi connectivity index (χ0n) is 19.3. The lowest BCUT2D eigenvalue weighted by Crippen LogP contribution is -2.48. The zero-order valence-corrected chi connectivity index (χ0v) is 20.1. The quantitative estimate of drug-likeness (QED) is 0.379. The lowest BCUT2D eigenvalue weighted by Gasteiger charge is -2.37. The maximum atomic E-state index is 13.5. The highest BCUT2D eigenvalue weighted by molar-refractivity contribution is 7.10. The van der Waals surface area contributed by atoms with Crippen LogP contribution in [0.2, 0.25) is 0 Å². The van der Waals surface area contributed by atoms with Crippen LogP contribution in [0.15, 0.2) is 48.4 Å². The Labute approximate surface area is 200 Å². The summed E-state index contributed by atoms with van der Waals surface area (Å²) in [6.45, 7) is 8.21. The Morgan fingerprint density at radius 2 is 2.24 bits per heavy atom. The van der Waals surface area contributed by atoms with E-state index >= 15 is 0 Å². The number of ether oxygens (including phenoxy) is 2. The molecule has 2 heterocycles. The van der Waals surface area contributed by atoms with E-state index in [0.29, 0.717) is 38.9 Å². The molecule has 1 N–H and O–H groups in total. The third-order valence-corrected chi connectivity index (χ3v) is 7.20. The summed E-state index contributed by atoms with van der Waals surface area (Å²) in [5, 5.41) is 12.5. The predicted molar refractivity (Wildman–Crippen MR) is 131 cm³/mol. The van der Waals surface area contributed by atoms with Crippen molar-refractivity contribution < 1.29 is 19.4 Å². The van der Waals surface area contributed by atoms with E-state index in [2.05, 4.69) is 22.9 Å². The van der Waals surface area contributed by atoms with E-state index in [-0.39, 0.29) is 18.6 Å². The monoisotopic (exact) mass is 470 g/mol. The van der Waals surface area contributed by atoms with Crippen LogP contribution in [0.1, 0.15) is 34.9 Å². The summed E-state index contributed by atoms with van der Waals surface area (Å²) < 4.78 is 11.5. The number of rotatable bonds is 12. The van der Waals surface area contributed by atoms with E-state index < -0.39 is 6.10 Å². The number of nitrogens with zero attached hydrogens (tertiary/aromatic N) is 2. The van der Waals surface area contributed by atoms with Crippen molar-refractivity contribution in [1.82, 2.24) is 9.80 Å². The maximum Gasteiger partial charge on any atom is 0.237 e.